The van der Waals surface area contributed by atoms with Crippen LogP contribution in [0.1, 0.15) is 35.6 Å². The van der Waals surface area contributed by atoms with E-state index < -0.39 is 18.7 Å². The van der Waals surface area contributed by atoms with Gasteiger partial charge in [0, 0.05) is 18.6 Å². The Morgan fingerprint density at radius 2 is 1.74 bits per heavy atom. The Kier molecular flexibility index (Phi) is 7.57. The quantitative estimate of drug-likeness (QED) is 0.230. The third kappa shape index (κ3) is 6.91. The first kappa shape index (κ1) is 23.5. The molecule has 0 aliphatic heterocycles. The monoisotopic (exact) mass is 469 g/mol. The van der Waals surface area contributed by atoms with Crippen molar-refractivity contribution < 1.29 is 32.5 Å². The van der Waals surface area contributed by atoms with E-state index in [-0.39, 0.29) is 17.9 Å². The third-order valence-corrected chi connectivity index (χ3v) is 5.48. The Balaban J connectivity index is 1.58. The molecule has 0 bridgehead atoms. The maximum Gasteiger partial charge on any atom is 0.387 e. The highest BCUT2D eigenvalue weighted by Crippen LogP contribution is 2.36. The molecule has 1 aliphatic carbocycles. The molecular formula is C26H25F2NO5. The maximum absolute atomic E-state index is 12.9. The zero-order valence-electron chi connectivity index (χ0n) is 18.4. The number of rotatable bonds is 11. The lowest BCUT2D eigenvalue weighted by molar-refractivity contribution is -0.605. The molecule has 2 aromatic carbocycles. The summed E-state index contributed by atoms with van der Waals surface area (Å²) < 4.78 is 42.7. The van der Waals surface area contributed by atoms with E-state index >= 15 is 0 Å². The molecule has 1 fully saturated rings. The Labute approximate surface area is 196 Å². The molecule has 34 heavy (non-hydrogen) atoms. The minimum atomic E-state index is -2.99. The number of carbonyl (C=O) groups is 1. The van der Waals surface area contributed by atoms with Crippen molar-refractivity contribution in [3.05, 3.63) is 95.0 Å². The number of nitrogens with zero attached hydrogens (tertiary/aromatic N) is 1. The molecule has 1 saturated carbocycles. The van der Waals surface area contributed by atoms with Gasteiger partial charge in [-0.1, -0.05) is 36.4 Å². The smallest absolute Gasteiger partial charge is 0.387 e. The SMILES string of the molecule is O=C(Cc1ccccc1)OC(Cc1cc[n+]([O-])cc1)c1ccc(OC(F)F)c(OCC2CC2)c1. The van der Waals surface area contributed by atoms with Crippen LogP contribution in [0.3, 0.4) is 0 Å². The van der Waals surface area contributed by atoms with Crippen LogP contribution in [-0.4, -0.2) is 19.2 Å². The average molecular weight is 469 g/mol. The molecule has 3 aromatic rings. The number of alkyl halides is 2. The standard InChI is InChI=1S/C26H25F2NO5/c27-26(28)34-22-9-8-21(16-24(22)32-17-20-6-7-20)23(14-19-10-12-29(31)13-11-19)33-25(30)15-18-4-2-1-3-5-18/h1-5,8-13,16,20,23,26H,6-7,14-15,17H2. The van der Waals surface area contributed by atoms with Crippen LogP contribution in [0, 0.1) is 11.1 Å². The summed E-state index contributed by atoms with van der Waals surface area (Å²) in [5, 5.41) is 11.4. The van der Waals surface area contributed by atoms with Crippen molar-refractivity contribution >= 4 is 5.97 Å². The van der Waals surface area contributed by atoms with Crippen LogP contribution >= 0.6 is 0 Å². The van der Waals surface area contributed by atoms with Gasteiger partial charge in [0.05, 0.1) is 13.0 Å². The van der Waals surface area contributed by atoms with Crippen LogP contribution in [0.15, 0.2) is 73.1 Å². The molecular weight excluding hydrogens is 444 g/mol. The van der Waals surface area contributed by atoms with Gasteiger partial charge in [0.2, 0.25) is 0 Å². The number of hydrogen-bond acceptors (Lipinski definition) is 5. The van der Waals surface area contributed by atoms with Gasteiger partial charge < -0.3 is 19.4 Å². The molecule has 0 spiro atoms. The number of carbonyl (C=O) groups excluding carboxylic acids is 1. The second kappa shape index (κ2) is 11.0. The van der Waals surface area contributed by atoms with Crippen molar-refractivity contribution in [3.63, 3.8) is 0 Å². The topological polar surface area (TPSA) is 71.7 Å². The highest BCUT2D eigenvalue weighted by atomic mass is 19.3. The Bertz CT molecular complexity index is 1090. The molecule has 0 N–H and O–H groups in total. The molecule has 0 saturated heterocycles. The summed E-state index contributed by atoms with van der Waals surface area (Å²) in [7, 11) is 0. The van der Waals surface area contributed by atoms with E-state index in [1.807, 2.05) is 30.3 Å². The van der Waals surface area contributed by atoms with Crippen LogP contribution in [0.4, 0.5) is 8.78 Å². The summed E-state index contributed by atoms with van der Waals surface area (Å²) >= 11 is 0. The summed E-state index contributed by atoms with van der Waals surface area (Å²) in [6.07, 6.45) is 4.46. The molecule has 1 aliphatic rings. The molecule has 1 unspecified atom stereocenters. The van der Waals surface area contributed by atoms with Gasteiger partial charge in [0.25, 0.3) is 0 Å². The number of esters is 1. The lowest BCUT2D eigenvalue weighted by Crippen LogP contribution is -2.24. The Hall–Kier alpha value is -3.68. The van der Waals surface area contributed by atoms with E-state index in [0.29, 0.717) is 29.2 Å². The third-order valence-electron chi connectivity index (χ3n) is 5.48. The maximum atomic E-state index is 12.9. The first-order valence-electron chi connectivity index (χ1n) is 11.1. The van der Waals surface area contributed by atoms with Crippen molar-refractivity contribution in [2.45, 2.75) is 38.4 Å². The zero-order valence-corrected chi connectivity index (χ0v) is 18.4. The molecule has 178 valence electrons. The van der Waals surface area contributed by atoms with E-state index in [1.165, 1.54) is 18.5 Å². The Morgan fingerprint density at radius 1 is 1.00 bits per heavy atom. The molecule has 1 atom stereocenters. The summed E-state index contributed by atoms with van der Waals surface area (Å²) in [4.78, 5) is 12.7. The van der Waals surface area contributed by atoms with E-state index in [0.717, 1.165) is 24.0 Å². The van der Waals surface area contributed by atoms with Crippen LogP contribution in [0.2, 0.25) is 0 Å². The van der Waals surface area contributed by atoms with Crippen molar-refractivity contribution in [1.82, 2.24) is 0 Å². The van der Waals surface area contributed by atoms with E-state index in [4.69, 9.17) is 9.47 Å². The van der Waals surface area contributed by atoms with E-state index in [1.54, 1.807) is 24.3 Å². The highest BCUT2D eigenvalue weighted by molar-refractivity contribution is 5.73. The molecule has 4 rings (SSSR count). The van der Waals surface area contributed by atoms with Gasteiger partial charge >= 0.3 is 12.6 Å². The summed E-state index contributed by atoms with van der Waals surface area (Å²) in [5.74, 6) is 0.0881. The first-order valence-corrected chi connectivity index (χ1v) is 11.1. The molecule has 1 aromatic heterocycles. The zero-order chi connectivity index (χ0) is 23.9. The largest absolute Gasteiger partial charge is 0.619 e. The predicted octanol–water partition coefficient (Wildman–Crippen LogP) is 4.78. The van der Waals surface area contributed by atoms with E-state index in [9.17, 15) is 18.8 Å². The fraction of sp³-hybridized carbons (Fsp3) is 0.308. The normalized spacial score (nSPS) is 14.0. The molecule has 0 radical (unpaired) electrons. The number of benzene rings is 2. The van der Waals surface area contributed by atoms with Crippen LogP contribution in [0.25, 0.3) is 0 Å². The van der Waals surface area contributed by atoms with Crippen molar-refractivity contribution in [2.75, 3.05) is 6.61 Å². The summed E-state index contributed by atoms with van der Waals surface area (Å²) in [5.41, 5.74) is 2.16. The number of hydrogen-bond donors (Lipinski definition) is 0. The number of halogens is 2. The summed E-state index contributed by atoms with van der Waals surface area (Å²) in [6.45, 7) is -2.58. The summed E-state index contributed by atoms with van der Waals surface area (Å²) in [6, 6.07) is 17.1. The molecule has 8 heteroatoms. The van der Waals surface area contributed by atoms with Crippen molar-refractivity contribution in [3.8, 4) is 11.5 Å². The van der Waals surface area contributed by atoms with Crippen molar-refractivity contribution in [1.29, 1.82) is 0 Å². The lowest BCUT2D eigenvalue weighted by atomic mass is 10.0. The number of ether oxygens (including phenoxy) is 3. The fourth-order valence-corrected chi connectivity index (χ4v) is 3.51. The molecule has 6 nitrogen and oxygen atoms in total. The minimum Gasteiger partial charge on any atom is -0.619 e. The van der Waals surface area contributed by atoms with Crippen LogP contribution < -0.4 is 14.2 Å². The second-order valence-electron chi connectivity index (χ2n) is 8.25. The molecule has 0 amide bonds. The van der Waals surface area contributed by atoms with Gasteiger partial charge in [-0.05, 0) is 47.6 Å². The predicted molar refractivity (Wildman–Crippen MR) is 119 cm³/mol. The van der Waals surface area contributed by atoms with Gasteiger partial charge in [0.15, 0.2) is 23.9 Å². The van der Waals surface area contributed by atoms with Crippen molar-refractivity contribution in [2.24, 2.45) is 5.92 Å². The number of aromatic nitrogens is 1. The van der Waals surface area contributed by atoms with Gasteiger partial charge in [-0.25, -0.2) is 0 Å². The van der Waals surface area contributed by atoms with E-state index in [2.05, 4.69) is 4.74 Å². The van der Waals surface area contributed by atoms with Gasteiger partial charge in [-0.15, -0.1) is 0 Å². The number of pyridine rings is 1. The van der Waals surface area contributed by atoms with Crippen LogP contribution in [0.5, 0.6) is 11.5 Å². The Morgan fingerprint density at radius 3 is 2.41 bits per heavy atom. The van der Waals surface area contributed by atoms with Gasteiger partial charge in [-0.2, -0.15) is 13.5 Å². The minimum absolute atomic E-state index is 0.0686. The first-order chi connectivity index (χ1) is 16.5. The second-order valence-corrected chi connectivity index (χ2v) is 8.25. The van der Waals surface area contributed by atoms with Gasteiger partial charge in [0.1, 0.15) is 6.10 Å². The lowest BCUT2D eigenvalue weighted by Gasteiger charge is -2.21. The fourth-order valence-electron chi connectivity index (χ4n) is 3.51. The average Bonchev–Trinajstić information content (AvgIpc) is 3.64. The molecule has 1 heterocycles. The van der Waals surface area contributed by atoms with Gasteiger partial charge in [-0.3, -0.25) is 4.79 Å². The van der Waals surface area contributed by atoms with Crippen LogP contribution in [-0.2, 0) is 22.4 Å². The highest BCUT2D eigenvalue weighted by Gasteiger charge is 2.25.